The number of benzene rings is 1. The normalized spacial score (nSPS) is 10.3. The van der Waals surface area contributed by atoms with Crippen molar-refractivity contribution in [3.8, 4) is 0 Å². The number of hydrogen-bond donors (Lipinski definition) is 2. The second-order valence-electron chi connectivity index (χ2n) is 3.63. The number of halogens is 1. The molecule has 0 bridgehead atoms. The van der Waals surface area contributed by atoms with Gasteiger partial charge in [0.15, 0.2) is 0 Å². The first kappa shape index (κ1) is 13.0. The van der Waals surface area contributed by atoms with E-state index in [4.69, 9.17) is 17.3 Å². The molecule has 1 aromatic carbocycles. The Labute approximate surface area is 114 Å². The van der Waals surface area contributed by atoms with E-state index in [2.05, 4.69) is 10.3 Å². The molecule has 0 unspecified atom stereocenters. The molecule has 4 nitrogen and oxygen atoms in total. The first-order valence-electron chi connectivity index (χ1n) is 5.40. The first-order valence-corrected chi connectivity index (χ1v) is 6.66. The smallest absolute Gasteiger partial charge is 0.275 e. The van der Waals surface area contributed by atoms with Crippen LogP contribution in [0.5, 0.6) is 0 Å². The lowest BCUT2D eigenvalue weighted by Crippen LogP contribution is -2.12. The number of aromatic nitrogens is 1. The van der Waals surface area contributed by atoms with Gasteiger partial charge in [-0.05, 0) is 24.7 Å². The molecule has 1 heterocycles. The first-order chi connectivity index (χ1) is 8.69. The number of amides is 1. The molecule has 18 heavy (non-hydrogen) atoms. The van der Waals surface area contributed by atoms with E-state index in [0.717, 1.165) is 5.01 Å². The molecule has 0 atom stereocenters. The second kappa shape index (κ2) is 5.95. The van der Waals surface area contributed by atoms with E-state index >= 15 is 0 Å². The summed E-state index contributed by atoms with van der Waals surface area (Å²) in [6.45, 7) is 0.531. The Hall–Kier alpha value is -1.43. The van der Waals surface area contributed by atoms with E-state index < -0.39 is 0 Å². The Balaban J connectivity index is 2.07. The average molecular weight is 282 g/mol. The molecule has 6 heteroatoms. The highest BCUT2D eigenvalue weighted by atomic mass is 35.5. The highest BCUT2D eigenvalue weighted by Gasteiger charge is 2.10. The van der Waals surface area contributed by atoms with Crippen LogP contribution < -0.4 is 11.1 Å². The Morgan fingerprint density at radius 3 is 3.06 bits per heavy atom. The second-order valence-corrected chi connectivity index (χ2v) is 5.01. The van der Waals surface area contributed by atoms with E-state index in [9.17, 15) is 4.79 Å². The maximum atomic E-state index is 11.9. The molecule has 0 aliphatic heterocycles. The number of anilines is 1. The minimum atomic E-state index is -0.239. The van der Waals surface area contributed by atoms with Crippen molar-refractivity contribution >= 4 is 34.5 Å². The van der Waals surface area contributed by atoms with Gasteiger partial charge in [-0.15, -0.1) is 11.3 Å². The number of nitrogens with zero attached hydrogens (tertiary/aromatic N) is 1. The molecule has 0 aliphatic rings. The molecule has 0 fully saturated rings. The number of rotatable bonds is 4. The molecule has 2 aromatic rings. The van der Waals surface area contributed by atoms with Crippen molar-refractivity contribution < 1.29 is 4.79 Å². The third kappa shape index (κ3) is 3.29. The highest BCUT2D eigenvalue weighted by molar-refractivity contribution is 7.09. The Morgan fingerprint density at radius 1 is 1.50 bits per heavy atom. The van der Waals surface area contributed by atoms with Crippen LogP contribution in [0.15, 0.2) is 29.6 Å². The van der Waals surface area contributed by atoms with Gasteiger partial charge in [0.05, 0.1) is 5.01 Å². The van der Waals surface area contributed by atoms with E-state index in [1.54, 1.807) is 29.6 Å². The fraction of sp³-hybridized carbons (Fsp3) is 0.167. The largest absolute Gasteiger partial charge is 0.330 e. The molecular formula is C12H12ClN3OS. The van der Waals surface area contributed by atoms with Crippen LogP contribution in [0.25, 0.3) is 0 Å². The maximum absolute atomic E-state index is 11.9. The summed E-state index contributed by atoms with van der Waals surface area (Å²) in [5.41, 5.74) is 6.50. The monoisotopic (exact) mass is 281 g/mol. The number of carbonyl (C=O) groups is 1. The van der Waals surface area contributed by atoms with E-state index in [-0.39, 0.29) is 5.91 Å². The molecule has 3 N–H and O–H groups in total. The topological polar surface area (TPSA) is 68.0 Å². The minimum absolute atomic E-state index is 0.239. The van der Waals surface area contributed by atoms with Gasteiger partial charge in [0, 0.05) is 22.5 Å². The van der Waals surface area contributed by atoms with Gasteiger partial charge in [0.1, 0.15) is 5.69 Å². The van der Waals surface area contributed by atoms with Crippen LogP contribution in [0, 0.1) is 0 Å². The molecule has 1 aromatic heterocycles. The van der Waals surface area contributed by atoms with Crippen molar-refractivity contribution in [2.75, 3.05) is 11.9 Å². The van der Waals surface area contributed by atoms with Crippen molar-refractivity contribution in [2.45, 2.75) is 6.42 Å². The molecule has 0 spiro atoms. The SMILES string of the molecule is NCCc1nc(C(=O)Nc2cccc(Cl)c2)cs1. The summed E-state index contributed by atoms with van der Waals surface area (Å²) < 4.78 is 0. The fourth-order valence-electron chi connectivity index (χ4n) is 1.41. The molecule has 0 saturated carbocycles. The zero-order chi connectivity index (χ0) is 13.0. The van der Waals surface area contributed by atoms with Crippen molar-refractivity contribution in [3.63, 3.8) is 0 Å². The fourth-order valence-corrected chi connectivity index (χ4v) is 2.40. The van der Waals surface area contributed by atoms with Crippen LogP contribution in [0.3, 0.4) is 0 Å². The van der Waals surface area contributed by atoms with Gasteiger partial charge in [-0.2, -0.15) is 0 Å². The predicted octanol–water partition coefficient (Wildman–Crippen LogP) is 2.55. The van der Waals surface area contributed by atoms with Crippen LogP contribution in [0.4, 0.5) is 5.69 Å². The standard InChI is InChI=1S/C12H12ClN3OS/c13-8-2-1-3-9(6-8)15-12(17)10-7-18-11(16-10)4-5-14/h1-3,6-7H,4-5,14H2,(H,15,17). The van der Waals surface area contributed by atoms with Crippen LogP contribution in [0.1, 0.15) is 15.5 Å². The van der Waals surface area contributed by atoms with E-state index in [1.165, 1.54) is 11.3 Å². The Morgan fingerprint density at radius 2 is 2.33 bits per heavy atom. The number of thiazole rings is 1. The summed E-state index contributed by atoms with van der Waals surface area (Å²) in [6, 6.07) is 6.99. The number of nitrogens with one attached hydrogen (secondary N) is 1. The summed E-state index contributed by atoms with van der Waals surface area (Å²) in [6.07, 6.45) is 0.690. The van der Waals surface area contributed by atoms with Gasteiger partial charge < -0.3 is 11.1 Å². The van der Waals surface area contributed by atoms with Crippen LogP contribution in [-0.4, -0.2) is 17.4 Å². The Kier molecular flexibility index (Phi) is 4.30. The third-order valence-electron chi connectivity index (χ3n) is 2.23. The molecule has 0 saturated heterocycles. The summed E-state index contributed by atoms with van der Waals surface area (Å²) in [5.74, 6) is -0.239. The number of hydrogen-bond acceptors (Lipinski definition) is 4. The molecular weight excluding hydrogens is 270 g/mol. The number of carbonyl (C=O) groups excluding carboxylic acids is 1. The average Bonchev–Trinajstić information content (AvgIpc) is 2.78. The quantitative estimate of drug-likeness (QED) is 0.905. The van der Waals surface area contributed by atoms with Gasteiger partial charge in [0.25, 0.3) is 5.91 Å². The Bertz CT molecular complexity index is 556. The maximum Gasteiger partial charge on any atom is 0.275 e. The molecule has 0 radical (unpaired) electrons. The summed E-state index contributed by atoms with van der Waals surface area (Å²) in [5, 5.41) is 5.92. The van der Waals surface area contributed by atoms with Crippen molar-refractivity contribution in [2.24, 2.45) is 5.73 Å². The van der Waals surface area contributed by atoms with Crippen molar-refractivity contribution in [1.82, 2.24) is 4.98 Å². The van der Waals surface area contributed by atoms with E-state index in [1.807, 2.05) is 0 Å². The zero-order valence-electron chi connectivity index (χ0n) is 9.52. The molecule has 2 rings (SSSR count). The van der Waals surface area contributed by atoms with Gasteiger partial charge in [-0.1, -0.05) is 17.7 Å². The molecule has 0 aliphatic carbocycles. The van der Waals surface area contributed by atoms with Crippen molar-refractivity contribution in [3.05, 3.63) is 45.4 Å². The molecule has 1 amide bonds. The van der Waals surface area contributed by atoms with Gasteiger partial charge >= 0.3 is 0 Å². The van der Waals surface area contributed by atoms with Crippen molar-refractivity contribution in [1.29, 1.82) is 0 Å². The van der Waals surface area contributed by atoms with E-state index in [0.29, 0.717) is 29.4 Å². The van der Waals surface area contributed by atoms with Crippen LogP contribution >= 0.6 is 22.9 Å². The minimum Gasteiger partial charge on any atom is -0.330 e. The summed E-state index contributed by atoms with van der Waals surface area (Å²) >= 11 is 7.28. The number of nitrogens with two attached hydrogens (primary N) is 1. The third-order valence-corrected chi connectivity index (χ3v) is 3.37. The lowest BCUT2D eigenvalue weighted by atomic mass is 10.3. The molecule has 94 valence electrons. The lowest BCUT2D eigenvalue weighted by molar-refractivity contribution is 0.102. The lowest BCUT2D eigenvalue weighted by Gasteiger charge is -2.02. The van der Waals surface area contributed by atoms with Gasteiger partial charge in [0.2, 0.25) is 0 Å². The highest BCUT2D eigenvalue weighted by Crippen LogP contribution is 2.16. The van der Waals surface area contributed by atoms with Gasteiger partial charge in [-0.3, -0.25) is 4.79 Å². The van der Waals surface area contributed by atoms with Crippen LogP contribution in [0.2, 0.25) is 5.02 Å². The predicted molar refractivity (Wildman–Crippen MR) is 74.3 cm³/mol. The summed E-state index contributed by atoms with van der Waals surface area (Å²) in [4.78, 5) is 16.1. The van der Waals surface area contributed by atoms with Gasteiger partial charge in [-0.25, -0.2) is 4.98 Å². The zero-order valence-corrected chi connectivity index (χ0v) is 11.1. The summed E-state index contributed by atoms with van der Waals surface area (Å²) in [7, 11) is 0. The van der Waals surface area contributed by atoms with Crippen LogP contribution in [-0.2, 0) is 6.42 Å².